The number of hydrogen-bond acceptors (Lipinski definition) is 5. The summed E-state index contributed by atoms with van der Waals surface area (Å²) in [7, 11) is 0. The molecule has 4 fully saturated rings. The molecular formula is C22H38O5. The van der Waals surface area contributed by atoms with Crippen LogP contribution in [-0.2, 0) is 14.2 Å². The second-order valence-electron chi connectivity index (χ2n) is 10.0. The van der Waals surface area contributed by atoms with Crippen LogP contribution in [0.3, 0.4) is 0 Å². The molecule has 2 aliphatic carbocycles. The normalized spacial score (nSPS) is 51.4. The van der Waals surface area contributed by atoms with Crippen molar-refractivity contribution in [2.75, 3.05) is 6.61 Å². The first-order valence-corrected chi connectivity index (χ1v) is 11.2. The molecule has 156 valence electrons. The van der Waals surface area contributed by atoms with E-state index >= 15 is 0 Å². The predicted molar refractivity (Wildman–Crippen MR) is 102 cm³/mol. The van der Waals surface area contributed by atoms with Crippen LogP contribution in [0.5, 0.6) is 0 Å². The van der Waals surface area contributed by atoms with Crippen molar-refractivity contribution in [1.29, 1.82) is 0 Å². The van der Waals surface area contributed by atoms with Gasteiger partial charge in [0.25, 0.3) is 0 Å². The Labute approximate surface area is 163 Å². The molecule has 2 heterocycles. The van der Waals surface area contributed by atoms with E-state index in [2.05, 4.69) is 13.8 Å². The van der Waals surface area contributed by atoms with E-state index in [-0.39, 0.29) is 24.0 Å². The van der Waals surface area contributed by atoms with Crippen molar-refractivity contribution in [1.82, 2.24) is 0 Å². The number of aliphatic hydroxyl groups is 2. The Bertz CT molecular complexity index is 517. The van der Waals surface area contributed by atoms with Crippen molar-refractivity contribution in [3.63, 3.8) is 0 Å². The SMILES string of the molecule is C[C@H]1C(OCC2CCCCC2)O[C@@H]2O[C@](C)(O)CCC3[C@H](C)CCC1[C@]32O. The molecule has 27 heavy (non-hydrogen) atoms. The minimum Gasteiger partial charge on any atom is -0.384 e. The fourth-order valence-electron chi connectivity index (χ4n) is 6.31. The van der Waals surface area contributed by atoms with E-state index in [1.807, 2.05) is 0 Å². The average molecular weight is 383 g/mol. The first-order valence-electron chi connectivity index (χ1n) is 11.2. The molecule has 0 amide bonds. The Morgan fingerprint density at radius 1 is 0.963 bits per heavy atom. The Morgan fingerprint density at radius 2 is 1.70 bits per heavy atom. The van der Waals surface area contributed by atoms with Gasteiger partial charge in [-0.1, -0.05) is 33.1 Å². The van der Waals surface area contributed by atoms with Gasteiger partial charge in [-0.2, -0.15) is 0 Å². The van der Waals surface area contributed by atoms with Gasteiger partial charge in [-0.3, -0.25) is 0 Å². The molecule has 4 aliphatic rings. The molecule has 5 nitrogen and oxygen atoms in total. The first kappa shape index (κ1) is 20.1. The fourth-order valence-corrected chi connectivity index (χ4v) is 6.31. The zero-order chi connectivity index (χ0) is 19.2. The standard InChI is InChI=1S/C22H38O5/c1-14-9-10-18-15(2)19(25-13-16-7-5-4-6-8-16)26-20-22(18,24)17(14)11-12-21(3,23)27-20/h14-20,23-24H,4-13H2,1-3H3/t14-,15-,17?,18?,19?,20-,21+,22-/m1/s1. The third-order valence-corrected chi connectivity index (χ3v) is 8.01. The molecule has 0 aromatic rings. The van der Waals surface area contributed by atoms with Crippen molar-refractivity contribution in [3.05, 3.63) is 0 Å². The highest BCUT2D eigenvalue weighted by atomic mass is 16.8. The van der Waals surface area contributed by atoms with Crippen molar-refractivity contribution in [2.24, 2.45) is 29.6 Å². The van der Waals surface area contributed by atoms with Gasteiger partial charge in [0, 0.05) is 18.3 Å². The number of hydrogen-bond donors (Lipinski definition) is 2. The molecule has 3 unspecified atom stereocenters. The largest absolute Gasteiger partial charge is 0.384 e. The Kier molecular flexibility index (Phi) is 5.63. The van der Waals surface area contributed by atoms with Gasteiger partial charge in [0.05, 0.1) is 6.61 Å². The smallest absolute Gasteiger partial charge is 0.193 e. The molecule has 0 radical (unpaired) electrons. The first-order chi connectivity index (χ1) is 12.8. The highest BCUT2D eigenvalue weighted by Gasteiger charge is 2.63. The van der Waals surface area contributed by atoms with Crippen LogP contribution in [0, 0.1) is 29.6 Å². The van der Waals surface area contributed by atoms with Gasteiger partial charge < -0.3 is 24.4 Å². The summed E-state index contributed by atoms with van der Waals surface area (Å²) in [6.07, 6.45) is 8.58. The topological polar surface area (TPSA) is 68.2 Å². The van der Waals surface area contributed by atoms with Crippen LogP contribution < -0.4 is 0 Å². The summed E-state index contributed by atoms with van der Waals surface area (Å²) in [6.45, 7) is 6.78. The van der Waals surface area contributed by atoms with Gasteiger partial charge in [-0.15, -0.1) is 0 Å². The van der Waals surface area contributed by atoms with Gasteiger partial charge in [-0.25, -0.2) is 0 Å². The van der Waals surface area contributed by atoms with Crippen LogP contribution in [0.2, 0.25) is 0 Å². The van der Waals surface area contributed by atoms with E-state index in [0.717, 1.165) is 25.9 Å². The minimum atomic E-state index is -1.27. The number of rotatable bonds is 3. The van der Waals surface area contributed by atoms with Gasteiger partial charge >= 0.3 is 0 Å². The Hall–Kier alpha value is -0.200. The van der Waals surface area contributed by atoms with Crippen LogP contribution in [0.25, 0.3) is 0 Å². The molecule has 5 heteroatoms. The summed E-state index contributed by atoms with van der Waals surface area (Å²) in [4.78, 5) is 0. The lowest BCUT2D eigenvalue weighted by Gasteiger charge is -2.57. The average Bonchev–Trinajstić information content (AvgIpc) is 2.73. The van der Waals surface area contributed by atoms with E-state index in [4.69, 9.17) is 14.2 Å². The monoisotopic (exact) mass is 382 g/mol. The maximum absolute atomic E-state index is 11.8. The van der Waals surface area contributed by atoms with E-state index in [1.165, 1.54) is 32.1 Å². The van der Waals surface area contributed by atoms with Gasteiger partial charge in [-0.05, 0) is 56.8 Å². The van der Waals surface area contributed by atoms with Crippen LogP contribution >= 0.6 is 0 Å². The van der Waals surface area contributed by atoms with Crippen LogP contribution in [-0.4, -0.2) is 40.8 Å². The minimum absolute atomic E-state index is 0.0858. The third kappa shape index (κ3) is 3.71. The second-order valence-corrected chi connectivity index (χ2v) is 10.0. The molecule has 2 saturated heterocycles. The summed E-state index contributed by atoms with van der Waals surface area (Å²) in [5, 5.41) is 22.5. The lowest BCUT2D eigenvalue weighted by molar-refractivity contribution is -0.408. The summed E-state index contributed by atoms with van der Waals surface area (Å²) in [5.74, 6) is 0.0572. The van der Waals surface area contributed by atoms with E-state index < -0.39 is 17.7 Å². The van der Waals surface area contributed by atoms with E-state index in [1.54, 1.807) is 6.92 Å². The van der Waals surface area contributed by atoms with Gasteiger partial charge in [0.2, 0.25) is 0 Å². The molecule has 2 saturated carbocycles. The lowest BCUT2D eigenvalue weighted by Crippen LogP contribution is -2.67. The molecule has 0 aromatic carbocycles. The van der Waals surface area contributed by atoms with Crippen molar-refractivity contribution >= 4 is 0 Å². The lowest BCUT2D eigenvalue weighted by atomic mass is 9.58. The van der Waals surface area contributed by atoms with Gasteiger partial charge in [0.1, 0.15) is 5.60 Å². The molecule has 0 spiro atoms. The van der Waals surface area contributed by atoms with Crippen molar-refractivity contribution < 1.29 is 24.4 Å². The van der Waals surface area contributed by atoms with Crippen LogP contribution in [0.4, 0.5) is 0 Å². The molecule has 2 N–H and O–H groups in total. The molecule has 8 atom stereocenters. The summed E-state index contributed by atoms with van der Waals surface area (Å²) >= 11 is 0. The fraction of sp³-hybridized carbons (Fsp3) is 1.00. The highest BCUT2D eigenvalue weighted by molar-refractivity contribution is 5.07. The Balaban J connectivity index is 1.53. The summed E-state index contributed by atoms with van der Waals surface area (Å²) < 4.78 is 18.5. The van der Waals surface area contributed by atoms with E-state index in [0.29, 0.717) is 18.3 Å². The summed E-state index contributed by atoms with van der Waals surface area (Å²) in [5.41, 5.74) is -1.04. The van der Waals surface area contributed by atoms with Crippen molar-refractivity contribution in [3.8, 4) is 0 Å². The van der Waals surface area contributed by atoms with Crippen molar-refractivity contribution in [2.45, 2.75) is 103 Å². The zero-order valence-electron chi connectivity index (χ0n) is 17.2. The predicted octanol–water partition coefficient (Wildman–Crippen LogP) is 3.81. The Morgan fingerprint density at radius 3 is 2.44 bits per heavy atom. The summed E-state index contributed by atoms with van der Waals surface area (Å²) in [6, 6.07) is 0. The molecular weight excluding hydrogens is 344 g/mol. The molecule has 4 rings (SSSR count). The number of ether oxygens (including phenoxy) is 3. The highest BCUT2D eigenvalue weighted by Crippen LogP contribution is 2.55. The maximum Gasteiger partial charge on any atom is 0.193 e. The van der Waals surface area contributed by atoms with Crippen LogP contribution in [0.15, 0.2) is 0 Å². The molecule has 0 bridgehead atoms. The third-order valence-electron chi connectivity index (χ3n) is 8.01. The van der Waals surface area contributed by atoms with Crippen LogP contribution in [0.1, 0.15) is 78.6 Å². The molecule has 0 aromatic heterocycles. The maximum atomic E-state index is 11.8. The van der Waals surface area contributed by atoms with Gasteiger partial charge in [0.15, 0.2) is 18.4 Å². The molecule has 2 aliphatic heterocycles. The quantitative estimate of drug-likeness (QED) is 0.777. The zero-order valence-corrected chi connectivity index (χ0v) is 17.2. The second kappa shape index (κ2) is 7.56. The van der Waals surface area contributed by atoms with E-state index in [9.17, 15) is 10.2 Å².